The maximum absolute atomic E-state index is 11.9. The Morgan fingerprint density at radius 2 is 2.15 bits per heavy atom. The molecule has 0 aliphatic heterocycles. The largest absolute Gasteiger partial charge is 0.497 e. The molecule has 0 atom stereocenters. The molecule has 0 saturated carbocycles. The molecule has 0 aliphatic rings. The monoisotopic (exact) mass is 291 g/mol. The molecule has 0 unspecified atom stereocenters. The molecule has 2 N–H and O–H groups in total. The van der Waals surface area contributed by atoms with Crippen molar-refractivity contribution in [2.24, 2.45) is 0 Å². The zero-order chi connectivity index (χ0) is 14.5. The average molecular weight is 291 g/mol. The number of nitrogens with one attached hydrogen (secondary N) is 1. The van der Waals surface area contributed by atoms with Crippen LogP contribution in [0.1, 0.15) is 15.9 Å². The fraction of sp³-hybridized carbons (Fsp3) is 0.143. The van der Waals surface area contributed by atoms with Gasteiger partial charge in [-0.25, -0.2) is 4.79 Å². The van der Waals surface area contributed by atoms with Gasteiger partial charge in [0.2, 0.25) is 5.91 Å². The highest BCUT2D eigenvalue weighted by Gasteiger charge is 2.14. The van der Waals surface area contributed by atoms with Crippen molar-refractivity contribution in [3.05, 3.63) is 46.2 Å². The van der Waals surface area contributed by atoms with Crippen LogP contribution in [-0.2, 0) is 11.2 Å². The van der Waals surface area contributed by atoms with Crippen LogP contribution in [0.3, 0.4) is 0 Å². The summed E-state index contributed by atoms with van der Waals surface area (Å²) in [6.07, 6.45) is 0.217. The molecule has 1 aromatic carbocycles. The third-order valence-corrected chi connectivity index (χ3v) is 3.41. The Bertz CT molecular complexity index is 622. The van der Waals surface area contributed by atoms with Crippen LogP contribution in [-0.4, -0.2) is 24.1 Å². The van der Waals surface area contributed by atoms with Gasteiger partial charge in [0.1, 0.15) is 5.75 Å². The summed E-state index contributed by atoms with van der Waals surface area (Å²) in [5, 5.41) is 15.5. The summed E-state index contributed by atoms with van der Waals surface area (Å²) < 4.78 is 4.98. The molecule has 1 amide bonds. The number of carboxylic acids is 1. The minimum atomic E-state index is -1.12. The van der Waals surface area contributed by atoms with Crippen molar-refractivity contribution in [2.75, 3.05) is 12.4 Å². The molecule has 20 heavy (non-hydrogen) atoms. The first-order chi connectivity index (χ1) is 9.60. The molecule has 0 bridgehead atoms. The van der Waals surface area contributed by atoms with Gasteiger partial charge < -0.3 is 15.2 Å². The molecule has 2 aromatic rings. The highest BCUT2D eigenvalue weighted by molar-refractivity contribution is 7.08. The van der Waals surface area contributed by atoms with Crippen LogP contribution < -0.4 is 10.1 Å². The first-order valence-corrected chi connectivity index (χ1v) is 6.76. The minimum absolute atomic E-state index is 0.00280. The Hall–Kier alpha value is -2.34. The number of anilines is 1. The van der Waals surface area contributed by atoms with Crippen LogP contribution in [0.25, 0.3) is 0 Å². The number of aromatic carboxylic acids is 1. The third-order valence-electron chi connectivity index (χ3n) is 2.68. The van der Waals surface area contributed by atoms with Gasteiger partial charge >= 0.3 is 5.97 Å². The number of hydrogen-bond acceptors (Lipinski definition) is 4. The van der Waals surface area contributed by atoms with Crippen LogP contribution in [0.2, 0.25) is 0 Å². The van der Waals surface area contributed by atoms with Gasteiger partial charge in [0, 0.05) is 0 Å². The van der Waals surface area contributed by atoms with Gasteiger partial charge in [-0.3, -0.25) is 4.79 Å². The summed E-state index contributed by atoms with van der Waals surface area (Å²) in [6, 6.07) is 6.36. The van der Waals surface area contributed by atoms with E-state index in [1.54, 1.807) is 6.07 Å². The number of amides is 1. The van der Waals surface area contributed by atoms with Crippen molar-refractivity contribution < 1.29 is 19.4 Å². The SMILES string of the molecule is COc1ccc(NC(=O)Cc2ccsc2)c(C(=O)O)c1. The molecule has 5 nitrogen and oxygen atoms in total. The first kappa shape index (κ1) is 14.1. The molecule has 0 saturated heterocycles. The predicted molar refractivity (Wildman–Crippen MR) is 76.6 cm³/mol. The van der Waals surface area contributed by atoms with Gasteiger partial charge in [0.25, 0.3) is 0 Å². The second-order valence-electron chi connectivity index (χ2n) is 4.07. The van der Waals surface area contributed by atoms with E-state index < -0.39 is 5.97 Å². The maximum atomic E-state index is 11.9. The van der Waals surface area contributed by atoms with E-state index in [4.69, 9.17) is 9.84 Å². The Labute approximate surface area is 119 Å². The second-order valence-corrected chi connectivity index (χ2v) is 4.85. The average Bonchev–Trinajstić information content (AvgIpc) is 2.91. The van der Waals surface area contributed by atoms with Crippen molar-refractivity contribution >= 4 is 28.9 Å². The number of rotatable bonds is 5. The molecule has 0 fully saturated rings. The first-order valence-electron chi connectivity index (χ1n) is 5.82. The number of thiophene rings is 1. The summed E-state index contributed by atoms with van der Waals surface area (Å²) in [6.45, 7) is 0. The predicted octanol–water partition coefficient (Wildman–Crippen LogP) is 2.64. The lowest BCUT2D eigenvalue weighted by molar-refractivity contribution is -0.115. The number of carbonyl (C=O) groups is 2. The van der Waals surface area contributed by atoms with Crippen molar-refractivity contribution in [1.29, 1.82) is 0 Å². The number of methoxy groups -OCH3 is 1. The Balaban J connectivity index is 2.16. The van der Waals surface area contributed by atoms with E-state index >= 15 is 0 Å². The van der Waals surface area contributed by atoms with Gasteiger partial charge in [0.15, 0.2) is 0 Å². The quantitative estimate of drug-likeness (QED) is 0.888. The smallest absolute Gasteiger partial charge is 0.337 e. The van der Waals surface area contributed by atoms with Crippen LogP contribution >= 0.6 is 11.3 Å². The topological polar surface area (TPSA) is 75.6 Å². The molecule has 6 heteroatoms. The normalized spacial score (nSPS) is 10.1. The van der Waals surface area contributed by atoms with Crippen LogP contribution in [0.15, 0.2) is 35.0 Å². The molecule has 1 heterocycles. The number of hydrogen-bond donors (Lipinski definition) is 2. The molecule has 104 valence electrons. The molecule has 0 radical (unpaired) electrons. The molecule has 1 aromatic heterocycles. The van der Waals surface area contributed by atoms with Crippen molar-refractivity contribution in [3.8, 4) is 5.75 Å². The van der Waals surface area contributed by atoms with Crippen molar-refractivity contribution in [2.45, 2.75) is 6.42 Å². The number of carboxylic acid groups (broad SMARTS) is 1. The fourth-order valence-electron chi connectivity index (χ4n) is 1.71. The van der Waals surface area contributed by atoms with Crippen molar-refractivity contribution in [1.82, 2.24) is 0 Å². The zero-order valence-electron chi connectivity index (χ0n) is 10.8. The number of benzene rings is 1. The lowest BCUT2D eigenvalue weighted by Crippen LogP contribution is -2.16. The highest BCUT2D eigenvalue weighted by atomic mass is 32.1. The van der Waals surface area contributed by atoms with Crippen LogP contribution in [0.4, 0.5) is 5.69 Å². The summed E-state index contributed by atoms with van der Waals surface area (Å²) in [7, 11) is 1.45. The van der Waals surface area contributed by atoms with Gasteiger partial charge in [0.05, 0.1) is 24.8 Å². The van der Waals surface area contributed by atoms with E-state index in [1.807, 2.05) is 16.8 Å². The fourth-order valence-corrected chi connectivity index (χ4v) is 2.38. The molecular weight excluding hydrogens is 278 g/mol. The van der Waals surface area contributed by atoms with Gasteiger partial charge in [-0.1, -0.05) is 0 Å². The summed E-state index contributed by atoms with van der Waals surface area (Å²) in [5.74, 6) is -0.941. The van der Waals surface area contributed by atoms with E-state index in [-0.39, 0.29) is 23.6 Å². The van der Waals surface area contributed by atoms with Gasteiger partial charge in [-0.2, -0.15) is 11.3 Å². The van der Waals surface area contributed by atoms with E-state index in [0.29, 0.717) is 5.75 Å². The van der Waals surface area contributed by atoms with Gasteiger partial charge in [-0.15, -0.1) is 0 Å². The Morgan fingerprint density at radius 1 is 1.35 bits per heavy atom. The lowest BCUT2D eigenvalue weighted by atomic mass is 10.1. The standard InChI is InChI=1S/C14H13NO4S/c1-19-10-2-3-12(11(7-10)14(17)18)15-13(16)6-9-4-5-20-8-9/h2-5,7-8H,6H2,1H3,(H,15,16)(H,17,18). The summed E-state index contributed by atoms with van der Waals surface area (Å²) in [5.41, 5.74) is 1.17. The Morgan fingerprint density at radius 3 is 2.75 bits per heavy atom. The summed E-state index contributed by atoms with van der Waals surface area (Å²) in [4.78, 5) is 23.1. The summed E-state index contributed by atoms with van der Waals surface area (Å²) >= 11 is 1.51. The number of carbonyl (C=O) groups excluding carboxylic acids is 1. The van der Waals surface area contributed by atoms with Gasteiger partial charge in [-0.05, 0) is 40.6 Å². The molecule has 0 spiro atoms. The van der Waals surface area contributed by atoms with E-state index in [2.05, 4.69) is 5.32 Å². The minimum Gasteiger partial charge on any atom is -0.497 e. The van der Waals surface area contributed by atoms with Crippen LogP contribution in [0.5, 0.6) is 5.75 Å². The highest BCUT2D eigenvalue weighted by Crippen LogP contribution is 2.22. The van der Waals surface area contributed by atoms with Crippen LogP contribution in [0, 0.1) is 0 Å². The van der Waals surface area contributed by atoms with E-state index in [1.165, 1.54) is 30.6 Å². The maximum Gasteiger partial charge on any atom is 0.337 e. The zero-order valence-corrected chi connectivity index (χ0v) is 11.6. The second kappa shape index (κ2) is 6.21. The third kappa shape index (κ3) is 3.36. The lowest BCUT2D eigenvalue weighted by Gasteiger charge is -2.09. The molecule has 0 aliphatic carbocycles. The van der Waals surface area contributed by atoms with E-state index in [9.17, 15) is 9.59 Å². The molecule has 2 rings (SSSR count). The Kier molecular flexibility index (Phi) is 4.37. The number of ether oxygens (including phenoxy) is 1. The van der Waals surface area contributed by atoms with E-state index in [0.717, 1.165) is 5.56 Å². The van der Waals surface area contributed by atoms with Crippen molar-refractivity contribution in [3.63, 3.8) is 0 Å². The molecular formula is C14H13NO4S.